The van der Waals surface area contributed by atoms with E-state index in [0.717, 1.165) is 4.90 Å². The average molecular weight is 522 g/mol. The molecule has 192 valence electrons. The molecule has 2 N–H and O–H groups in total. The maximum Gasteiger partial charge on any atom is 0.446 e. The maximum atomic E-state index is 13.2. The Kier molecular flexibility index (Phi) is 8.07. The third-order valence-corrected chi connectivity index (χ3v) is 6.40. The van der Waals surface area contributed by atoms with Crippen LogP contribution >= 0.6 is 11.8 Å². The van der Waals surface area contributed by atoms with Crippen molar-refractivity contribution in [2.75, 3.05) is 10.2 Å². The fraction of sp³-hybridized carbons (Fsp3) is 0.375. The Balaban J connectivity index is 1.74. The highest BCUT2D eigenvalue weighted by Crippen LogP contribution is 2.39. The molecule has 0 saturated carbocycles. The number of hydrogen-bond acceptors (Lipinski definition) is 6. The summed E-state index contributed by atoms with van der Waals surface area (Å²) in [6.45, 7) is 5.07. The lowest BCUT2D eigenvalue weighted by atomic mass is 10.0. The first-order valence-corrected chi connectivity index (χ1v) is 12.0. The maximum absolute atomic E-state index is 13.2. The van der Waals surface area contributed by atoms with Gasteiger partial charge in [0, 0.05) is 29.8 Å². The third-order valence-electron chi connectivity index (χ3n) is 5.67. The topological polar surface area (TPSA) is 106 Å². The number of pyridine rings is 1. The van der Waals surface area contributed by atoms with Gasteiger partial charge in [-0.3, -0.25) is 9.59 Å². The van der Waals surface area contributed by atoms with Gasteiger partial charge in [0.15, 0.2) is 0 Å². The first-order chi connectivity index (χ1) is 16.8. The number of alkyl halides is 3. The highest BCUT2D eigenvalue weighted by atomic mass is 32.2. The number of thioether (sulfide) groups is 1. The third kappa shape index (κ3) is 6.42. The van der Waals surface area contributed by atoms with Gasteiger partial charge in [-0.2, -0.15) is 13.2 Å². The minimum atomic E-state index is -4.44. The van der Waals surface area contributed by atoms with Crippen LogP contribution in [-0.4, -0.2) is 44.5 Å². The van der Waals surface area contributed by atoms with Crippen LogP contribution in [0.1, 0.15) is 45.6 Å². The van der Waals surface area contributed by atoms with Crippen LogP contribution in [0.4, 0.5) is 29.5 Å². The second-order valence-corrected chi connectivity index (χ2v) is 9.80. The summed E-state index contributed by atoms with van der Waals surface area (Å²) in [6, 6.07) is 7.68. The van der Waals surface area contributed by atoms with Crippen LogP contribution in [0.15, 0.2) is 47.5 Å². The second-order valence-electron chi connectivity index (χ2n) is 8.66. The van der Waals surface area contributed by atoms with Crippen LogP contribution in [0.5, 0.6) is 0 Å². The average Bonchev–Trinajstić information content (AvgIpc) is 2.96. The van der Waals surface area contributed by atoms with E-state index in [2.05, 4.69) is 10.3 Å². The Hall–Kier alpha value is -3.41. The summed E-state index contributed by atoms with van der Waals surface area (Å²) in [6.07, 6.45) is 2.56. The molecule has 0 spiro atoms. The highest BCUT2D eigenvalue weighted by molar-refractivity contribution is 8.00. The molecule has 1 aliphatic rings. The Labute approximate surface area is 210 Å². The van der Waals surface area contributed by atoms with E-state index in [4.69, 9.17) is 5.41 Å². The van der Waals surface area contributed by atoms with Crippen LogP contribution in [0.25, 0.3) is 0 Å². The standard InChI is InChI=1S/C24H26F3N5O3S/c1-4-16(28)5-10-20(33)30-19-13-15(11-12-29-19)14-31-22(35)32(21(34)23(31,2)3)17-6-8-18(9-7-17)36-24(25,26)27/h6-9,11-13,28H,4-5,10,14H2,1-3H3,(H,29,30,33). The molecule has 1 aliphatic heterocycles. The largest absolute Gasteiger partial charge is 0.446 e. The predicted molar refractivity (Wildman–Crippen MR) is 131 cm³/mol. The van der Waals surface area contributed by atoms with Crippen molar-refractivity contribution in [3.05, 3.63) is 48.2 Å². The summed E-state index contributed by atoms with van der Waals surface area (Å²) in [4.78, 5) is 44.9. The molecule has 12 heteroatoms. The molecular formula is C24H26F3N5O3S. The lowest BCUT2D eigenvalue weighted by Crippen LogP contribution is -2.43. The van der Waals surface area contributed by atoms with Crippen molar-refractivity contribution in [2.45, 2.75) is 62.5 Å². The Bertz CT molecular complexity index is 1170. The lowest BCUT2D eigenvalue weighted by molar-refractivity contribution is -0.123. The van der Waals surface area contributed by atoms with Crippen molar-refractivity contribution in [2.24, 2.45) is 0 Å². The molecule has 1 saturated heterocycles. The number of nitrogens with zero attached hydrogens (tertiary/aromatic N) is 3. The fourth-order valence-electron chi connectivity index (χ4n) is 3.60. The van der Waals surface area contributed by atoms with Gasteiger partial charge in [-0.25, -0.2) is 14.7 Å². The summed E-state index contributed by atoms with van der Waals surface area (Å²) in [5, 5.41) is 10.3. The summed E-state index contributed by atoms with van der Waals surface area (Å²) in [5.41, 5.74) is -4.39. The number of urea groups is 1. The van der Waals surface area contributed by atoms with Crippen LogP contribution in [0.2, 0.25) is 0 Å². The van der Waals surface area contributed by atoms with Crippen LogP contribution in [-0.2, 0) is 16.1 Å². The number of imide groups is 1. The van der Waals surface area contributed by atoms with E-state index in [1.807, 2.05) is 6.92 Å². The van der Waals surface area contributed by atoms with Gasteiger partial charge in [-0.05, 0) is 80.4 Å². The van der Waals surface area contributed by atoms with Gasteiger partial charge in [-0.1, -0.05) is 6.92 Å². The molecule has 4 amide bonds. The zero-order chi connectivity index (χ0) is 26.7. The Morgan fingerprint density at radius 3 is 2.42 bits per heavy atom. The van der Waals surface area contributed by atoms with Crippen LogP contribution < -0.4 is 10.2 Å². The lowest BCUT2D eigenvalue weighted by Gasteiger charge is -2.27. The first kappa shape index (κ1) is 27.2. The molecule has 3 rings (SSSR count). The van der Waals surface area contributed by atoms with Crippen molar-refractivity contribution >= 4 is 46.8 Å². The van der Waals surface area contributed by atoms with Gasteiger partial charge in [0.05, 0.1) is 5.69 Å². The molecule has 8 nitrogen and oxygen atoms in total. The number of aromatic nitrogens is 1. The van der Waals surface area contributed by atoms with Crippen LogP contribution in [0, 0.1) is 5.41 Å². The van der Waals surface area contributed by atoms with E-state index in [9.17, 15) is 27.6 Å². The predicted octanol–water partition coefficient (Wildman–Crippen LogP) is 5.59. The molecule has 2 heterocycles. The van der Waals surface area contributed by atoms with Gasteiger partial charge in [0.2, 0.25) is 5.91 Å². The zero-order valence-electron chi connectivity index (χ0n) is 20.0. The zero-order valence-corrected chi connectivity index (χ0v) is 20.8. The van der Waals surface area contributed by atoms with Crippen molar-refractivity contribution in [3.8, 4) is 0 Å². The molecular weight excluding hydrogens is 495 g/mol. The van der Waals surface area contributed by atoms with Gasteiger partial charge < -0.3 is 15.6 Å². The van der Waals surface area contributed by atoms with Gasteiger partial charge >= 0.3 is 11.5 Å². The highest BCUT2D eigenvalue weighted by Gasteiger charge is 2.51. The quantitative estimate of drug-likeness (QED) is 0.254. The number of carbonyl (C=O) groups excluding carboxylic acids is 3. The Morgan fingerprint density at radius 2 is 1.81 bits per heavy atom. The van der Waals surface area contributed by atoms with E-state index >= 15 is 0 Å². The molecule has 0 radical (unpaired) electrons. The van der Waals surface area contributed by atoms with Crippen molar-refractivity contribution in [3.63, 3.8) is 0 Å². The normalized spacial score (nSPS) is 15.4. The molecule has 2 aromatic rings. The van der Waals surface area contributed by atoms with E-state index in [1.54, 1.807) is 26.0 Å². The molecule has 1 aromatic heterocycles. The van der Waals surface area contributed by atoms with Gasteiger partial charge in [-0.15, -0.1) is 0 Å². The number of hydrogen-bond donors (Lipinski definition) is 2. The van der Waals surface area contributed by atoms with Gasteiger partial charge in [0.25, 0.3) is 5.91 Å². The minimum Gasteiger partial charge on any atom is -0.311 e. The van der Waals surface area contributed by atoms with E-state index < -0.39 is 23.0 Å². The monoisotopic (exact) mass is 521 g/mol. The molecule has 0 unspecified atom stereocenters. The summed E-state index contributed by atoms with van der Waals surface area (Å²) >= 11 is -0.279. The van der Waals surface area contributed by atoms with E-state index in [1.165, 1.54) is 35.4 Å². The molecule has 0 aliphatic carbocycles. The second kappa shape index (κ2) is 10.7. The summed E-state index contributed by atoms with van der Waals surface area (Å²) < 4.78 is 37.8. The fourth-order valence-corrected chi connectivity index (χ4v) is 4.14. The SMILES string of the molecule is CCC(=N)CCC(=O)Nc1cc(CN2C(=O)N(c3ccc(SC(F)(F)F)cc3)C(=O)C2(C)C)ccn1. The number of nitrogens with one attached hydrogen (secondary N) is 2. The first-order valence-electron chi connectivity index (χ1n) is 11.1. The molecule has 36 heavy (non-hydrogen) atoms. The number of carbonyl (C=O) groups is 3. The Morgan fingerprint density at radius 1 is 1.14 bits per heavy atom. The van der Waals surface area contributed by atoms with E-state index in [0.29, 0.717) is 24.1 Å². The van der Waals surface area contributed by atoms with Crippen molar-refractivity contribution in [1.82, 2.24) is 9.88 Å². The van der Waals surface area contributed by atoms with E-state index in [-0.39, 0.29) is 47.0 Å². The summed E-state index contributed by atoms with van der Waals surface area (Å²) in [5.74, 6) is -0.514. The van der Waals surface area contributed by atoms with Gasteiger partial charge in [0.1, 0.15) is 11.4 Å². The molecule has 0 atom stereocenters. The number of anilines is 2. The molecule has 1 aromatic carbocycles. The number of benzene rings is 1. The summed E-state index contributed by atoms with van der Waals surface area (Å²) in [7, 11) is 0. The van der Waals surface area contributed by atoms with Crippen molar-refractivity contribution < 1.29 is 27.6 Å². The number of rotatable bonds is 9. The number of amides is 4. The van der Waals surface area contributed by atoms with Crippen LogP contribution in [0.3, 0.4) is 0 Å². The minimum absolute atomic E-state index is 0.0436. The van der Waals surface area contributed by atoms with Crippen molar-refractivity contribution in [1.29, 1.82) is 5.41 Å². The number of halogens is 3. The smallest absolute Gasteiger partial charge is 0.311 e. The molecule has 0 bridgehead atoms. The molecule has 1 fully saturated rings.